The first kappa shape index (κ1) is 11.9. The second kappa shape index (κ2) is 6.35. The summed E-state index contributed by atoms with van der Waals surface area (Å²) in [4.78, 5) is 21.4. The minimum Gasteiger partial charge on any atom is -0.466 e. The van der Waals surface area contributed by atoms with E-state index in [0.29, 0.717) is 11.9 Å². The maximum atomic E-state index is 10.9. The molecule has 0 spiro atoms. The maximum absolute atomic E-state index is 10.9. The standard InChI is InChI=1S/C13H12O3/c1-16-13(15)8-7-12(9-10-14)11-5-3-2-4-6-11/h2-10H,1H3/b8-7+,12-9-. The molecule has 1 aromatic rings. The molecule has 3 nitrogen and oxygen atoms in total. The molecule has 0 saturated heterocycles. The van der Waals surface area contributed by atoms with Gasteiger partial charge in [-0.15, -0.1) is 0 Å². The zero-order valence-corrected chi connectivity index (χ0v) is 8.92. The van der Waals surface area contributed by atoms with Crippen LogP contribution in [-0.4, -0.2) is 19.4 Å². The fraction of sp³-hybridized carbons (Fsp3) is 0.0769. The molecule has 0 aliphatic rings. The highest BCUT2D eigenvalue weighted by Crippen LogP contribution is 2.14. The third-order valence-corrected chi connectivity index (χ3v) is 1.95. The molecular formula is C13H12O3. The van der Waals surface area contributed by atoms with Gasteiger partial charge in [0.1, 0.15) is 6.29 Å². The van der Waals surface area contributed by atoms with Gasteiger partial charge in [0.05, 0.1) is 7.11 Å². The van der Waals surface area contributed by atoms with Crippen LogP contribution in [0, 0.1) is 0 Å². The molecule has 0 bridgehead atoms. The van der Waals surface area contributed by atoms with Gasteiger partial charge in [-0.05, 0) is 23.3 Å². The van der Waals surface area contributed by atoms with E-state index in [4.69, 9.17) is 0 Å². The van der Waals surface area contributed by atoms with Gasteiger partial charge in [-0.25, -0.2) is 4.79 Å². The Balaban J connectivity index is 2.94. The molecule has 82 valence electrons. The van der Waals surface area contributed by atoms with Gasteiger partial charge in [0.2, 0.25) is 0 Å². The first-order valence-electron chi connectivity index (χ1n) is 4.75. The van der Waals surface area contributed by atoms with E-state index in [1.807, 2.05) is 30.3 Å². The number of allylic oxidation sites excluding steroid dienone is 3. The summed E-state index contributed by atoms with van der Waals surface area (Å²) in [6, 6.07) is 9.32. The fourth-order valence-corrected chi connectivity index (χ4v) is 1.18. The lowest BCUT2D eigenvalue weighted by molar-refractivity contribution is -0.134. The summed E-state index contributed by atoms with van der Waals surface area (Å²) in [6.45, 7) is 0. The van der Waals surface area contributed by atoms with E-state index in [2.05, 4.69) is 4.74 Å². The average molecular weight is 216 g/mol. The van der Waals surface area contributed by atoms with Crippen LogP contribution in [0.1, 0.15) is 5.56 Å². The van der Waals surface area contributed by atoms with Crippen molar-refractivity contribution >= 4 is 17.8 Å². The van der Waals surface area contributed by atoms with Gasteiger partial charge in [0, 0.05) is 6.08 Å². The Morgan fingerprint density at radius 2 is 1.88 bits per heavy atom. The molecule has 1 rings (SSSR count). The summed E-state index contributed by atoms with van der Waals surface area (Å²) in [5.74, 6) is -0.451. The van der Waals surface area contributed by atoms with Gasteiger partial charge in [-0.2, -0.15) is 0 Å². The normalized spacial score (nSPS) is 11.4. The van der Waals surface area contributed by atoms with E-state index in [9.17, 15) is 9.59 Å². The number of methoxy groups -OCH3 is 1. The number of carbonyl (C=O) groups excluding carboxylic acids is 2. The van der Waals surface area contributed by atoms with Crippen molar-refractivity contribution in [2.45, 2.75) is 0 Å². The van der Waals surface area contributed by atoms with Crippen molar-refractivity contribution in [1.82, 2.24) is 0 Å². The summed E-state index contributed by atoms with van der Waals surface area (Å²) in [7, 11) is 1.30. The lowest BCUT2D eigenvalue weighted by Crippen LogP contribution is -1.94. The SMILES string of the molecule is COC(=O)/C=C/C(=C/C=O)c1ccccc1. The average Bonchev–Trinajstić information content (AvgIpc) is 2.35. The van der Waals surface area contributed by atoms with Crippen molar-refractivity contribution < 1.29 is 14.3 Å². The largest absolute Gasteiger partial charge is 0.466 e. The molecule has 0 aliphatic heterocycles. The highest BCUT2D eigenvalue weighted by molar-refractivity contribution is 5.91. The van der Waals surface area contributed by atoms with Crippen LogP contribution < -0.4 is 0 Å². The van der Waals surface area contributed by atoms with Gasteiger partial charge >= 0.3 is 5.97 Å². The van der Waals surface area contributed by atoms with E-state index < -0.39 is 5.97 Å². The topological polar surface area (TPSA) is 43.4 Å². The number of benzene rings is 1. The molecular weight excluding hydrogens is 204 g/mol. The molecule has 0 saturated carbocycles. The molecule has 0 N–H and O–H groups in total. The van der Waals surface area contributed by atoms with Crippen LogP contribution in [0.2, 0.25) is 0 Å². The Kier molecular flexibility index (Phi) is 4.73. The molecule has 0 aliphatic carbocycles. The summed E-state index contributed by atoms with van der Waals surface area (Å²) in [5.41, 5.74) is 1.54. The monoisotopic (exact) mass is 216 g/mol. The molecule has 1 aromatic carbocycles. The second-order valence-electron chi connectivity index (χ2n) is 2.98. The van der Waals surface area contributed by atoms with Crippen molar-refractivity contribution in [3.05, 3.63) is 54.1 Å². The Morgan fingerprint density at radius 1 is 1.19 bits per heavy atom. The summed E-state index contributed by atoms with van der Waals surface area (Å²) in [6.07, 6.45) is 4.91. The van der Waals surface area contributed by atoms with E-state index >= 15 is 0 Å². The highest BCUT2D eigenvalue weighted by atomic mass is 16.5. The Hall–Kier alpha value is -2.16. The summed E-state index contributed by atoms with van der Waals surface area (Å²) in [5, 5.41) is 0. The van der Waals surface area contributed by atoms with E-state index in [0.717, 1.165) is 5.56 Å². The van der Waals surface area contributed by atoms with Gasteiger partial charge in [0.15, 0.2) is 0 Å². The summed E-state index contributed by atoms with van der Waals surface area (Å²) >= 11 is 0. The van der Waals surface area contributed by atoms with Crippen LogP contribution in [0.15, 0.2) is 48.6 Å². The van der Waals surface area contributed by atoms with Gasteiger partial charge in [-0.1, -0.05) is 30.3 Å². The zero-order valence-electron chi connectivity index (χ0n) is 8.92. The van der Waals surface area contributed by atoms with Crippen molar-refractivity contribution in [2.75, 3.05) is 7.11 Å². The van der Waals surface area contributed by atoms with E-state index in [-0.39, 0.29) is 0 Å². The Morgan fingerprint density at radius 3 is 2.44 bits per heavy atom. The number of hydrogen-bond donors (Lipinski definition) is 0. The molecule has 0 aromatic heterocycles. The Labute approximate surface area is 94.0 Å². The third kappa shape index (κ3) is 3.53. The number of esters is 1. The van der Waals surface area contributed by atoms with Crippen molar-refractivity contribution in [1.29, 1.82) is 0 Å². The Bertz CT molecular complexity index is 416. The number of ether oxygens (including phenoxy) is 1. The van der Waals surface area contributed by atoms with Crippen molar-refractivity contribution in [3.8, 4) is 0 Å². The molecule has 0 atom stereocenters. The molecule has 0 unspecified atom stereocenters. The quantitative estimate of drug-likeness (QED) is 0.334. The predicted octanol–water partition coefficient (Wildman–Crippen LogP) is 2.00. The molecule has 3 heteroatoms. The van der Waals surface area contributed by atoms with Crippen LogP contribution in [0.3, 0.4) is 0 Å². The van der Waals surface area contributed by atoms with Crippen molar-refractivity contribution in [3.63, 3.8) is 0 Å². The summed E-state index contributed by atoms with van der Waals surface area (Å²) < 4.78 is 4.47. The molecule has 16 heavy (non-hydrogen) atoms. The number of aldehydes is 1. The second-order valence-corrected chi connectivity index (χ2v) is 2.98. The van der Waals surface area contributed by atoms with Crippen LogP contribution in [0.4, 0.5) is 0 Å². The van der Waals surface area contributed by atoms with Crippen LogP contribution in [-0.2, 0) is 14.3 Å². The molecule has 0 fully saturated rings. The van der Waals surface area contributed by atoms with Crippen molar-refractivity contribution in [2.24, 2.45) is 0 Å². The number of carbonyl (C=O) groups is 2. The van der Waals surface area contributed by atoms with Crippen LogP contribution >= 0.6 is 0 Å². The minimum atomic E-state index is -0.451. The smallest absolute Gasteiger partial charge is 0.330 e. The van der Waals surface area contributed by atoms with Crippen LogP contribution in [0.25, 0.3) is 5.57 Å². The third-order valence-electron chi connectivity index (χ3n) is 1.95. The predicted molar refractivity (Wildman–Crippen MR) is 61.6 cm³/mol. The van der Waals surface area contributed by atoms with E-state index in [1.54, 1.807) is 6.08 Å². The highest BCUT2D eigenvalue weighted by Gasteiger charge is 1.98. The maximum Gasteiger partial charge on any atom is 0.330 e. The number of hydrogen-bond acceptors (Lipinski definition) is 3. The van der Waals surface area contributed by atoms with Crippen LogP contribution in [0.5, 0.6) is 0 Å². The van der Waals surface area contributed by atoms with Gasteiger partial charge in [0.25, 0.3) is 0 Å². The fourth-order valence-electron chi connectivity index (χ4n) is 1.18. The number of rotatable bonds is 4. The molecule has 0 amide bonds. The van der Waals surface area contributed by atoms with Gasteiger partial charge in [-0.3, -0.25) is 4.79 Å². The lowest BCUT2D eigenvalue weighted by atomic mass is 10.1. The van der Waals surface area contributed by atoms with Gasteiger partial charge < -0.3 is 4.74 Å². The minimum absolute atomic E-state index is 0.451. The molecule has 0 heterocycles. The molecule has 0 radical (unpaired) electrons. The first-order chi connectivity index (χ1) is 7.77. The van der Waals surface area contributed by atoms with E-state index in [1.165, 1.54) is 19.3 Å². The lowest BCUT2D eigenvalue weighted by Gasteiger charge is -2.00. The first-order valence-corrected chi connectivity index (χ1v) is 4.75. The zero-order chi connectivity index (χ0) is 11.8.